The summed E-state index contributed by atoms with van der Waals surface area (Å²) in [4.78, 5) is 11.5. The molecule has 0 aliphatic rings. The average Bonchev–Trinajstić information content (AvgIpc) is 2.37. The van der Waals surface area contributed by atoms with Gasteiger partial charge in [0.25, 0.3) is 0 Å². The summed E-state index contributed by atoms with van der Waals surface area (Å²) in [7, 11) is 3.13. The lowest BCUT2D eigenvalue weighted by atomic mass is 10.2. The molecule has 0 aromatic heterocycles. The van der Waals surface area contributed by atoms with E-state index < -0.39 is 0 Å². The van der Waals surface area contributed by atoms with Gasteiger partial charge in [-0.05, 0) is 18.6 Å². The Balaban J connectivity index is 2.91. The Kier molecular flexibility index (Phi) is 5.28. The van der Waals surface area contributed by atoms with E-state index in [2.05, 4.69) is 21.2 Å². The summed E-state index contributed by atoms with van der Waals surface area (Å²) in [6.45, 7) is 1.93. The Morgan fingerprint density at radius 3 is 2.65 bits per heavy atom. The third-order valence-corrected chi connectivity index (χ3v) is 3.37. The number of benzene rings is 1. The van der Waals surface area contributed by atoms with Gasteiger partial charge in [-0.1, -0.05) is 22.9 Å². The number of hydrogen-bond donors (Lipinski definition) is 1. The van der Waals surface area contributed by atoms with Crippen LogP contribution in [0.5, 0.6) is 11.5 Å². The average molecular weight is 302 g/mol. The van der Waals surface area contributed by atoms with Crippen LogP contribution in [0.3, 0.4) is 0 Å². The van der Waals surface area contributed by atoms with Gasteiger partial charge in [0.1, 0.15) is 11.5 Å². The van der Waals surface area contributed by atoms with E-state index in [-0.39, 0.29) is 10.7 Å². The van der Waals surface area contributed by atoms with E-state index >= 15 is 0 Å². The lowest BCUT2D eigenvalue weighted by Crippen LogP contribution is -2.22. The van der Waals surface area contributed by atoms with Crippen molar-refractivity contribution in [3.63, 3.8) is 0 Å². The topological polar surface area (TPSA) is 47.6 Å². The number of carbonyl (C=O) groups is 1. The van der Waals surface area contributed by atoms with Crippen LogP contribution in [0.1, 0.15) is 13.3 Å². The molecule has 1 aromatic rings. The molecule has 0 spiro atoms. The number of halogens is 1. The molecule has 0 unspecified atom stereocenters. The Bertz CT molecular complexity index is 395. The van der Waals surface area contributed by atoms with Crippen LogP contribution in [-0.2, 0) is 4.79 Å². The van der Waals surface area contributed by atoms with E-state index in [4.69, 9.17) is 9.47 Å². The molecule has 94 valence electrons. The minimum absolute atomic E-state index is 0.0981. The second kappa shape index (κ2) is 6.49. The Hall–Kier alpha value is -1.23. The molecule has 0 aliphatic heterocycles. The van der Waals surface area contributed by atoms with Crippen molar-refractivity contribution in [2.24, 2.45) is 0 Å². The molecule has 0 fully saturated rings. The largest absolute Gasteiger partial charge is 0.497 e. The van der Waals surface area contributed by atoms with Gasteiger partial charge in [0.05, 0.1) is 24.7 Å². The quantitative estimate of drug-likeness (QED) is 0.851. The predicted octanol–water partition coefficient (Wildman–Crippen LogP) is 2.82. The fourth-order valence-corrected chi connectivity index (χ4v) is 1.42. The molecule has 4 nitrogen and oxygen atoms in total. The lowest BCUT2D eigenvalue weighted by molar-refractivity contribution is -0.115. The van der Waals surface area contributed by atoms with Gasteiger partial charge < -0.3 is 14.8 Å². The zero-order valence-electron chi connectivity index (χ0n) is 10.1. The highest BCUT2D eigenvalue weighted by atomic mass is 79.9. The molecule has 0 saturated carbocycles. The van der Waals surface area contributed by atoms with Crippen molar-refractivity contribution in [1.82, 2.24) is 0 Å². The van der Waals surface area contributed by atoms with Gasteiger partial charge in [0.2, 0.25) is 5.91 Å². The van der Waals surface area contributed by atoms with E-state index in [1.54, 1.807) is 32.4 Å². The molecule has 0 aliphatic carbocycles. The monoisotopic (exact) mass is 301 g/mol. The number of carbonyl (C=O) groups excluding carboxylic acids is 1. The summed E-state index contributed by atoms with van der Waals surface area (Å²) in [5.41, 5.74) is 0.606. The molecule has 0 bridgehead atoms. The first-order valence-electron chi connectivity index (χ1n) is 5.29. The first-order valence-corrected chi connectivity index (χ1v) is 6.20. The maximum Gasteiger partial charge on any atom is 0.238 e. The van der Waals surface area contributed by atoms with Crippen molar-refractivity contribution in [3.8, 4) is 11.5 Å². The molecular weight excluding hydrogens is 286 g/mol. The maximum absolute atomic E-state index is 11.8. The zero-order chi connectivity index (χ0) is 12.8. The molecular formula is C12H16BrNO3. The van der Waals surface area contributed by atoms with Gasteiger partial charge >= 0.3 is 0 Å². The number of rotatable bonds is 5. The SMILES string of the molecule is CC[C@H](Br)C(=O)Nc1cc(OC)ccc1OC. The molecule has 1 atom stereocenters. The second-order valence-electron chi connectivity index (χ2n) is 3.43. The summed E-state index contributed by atoms with van der Waals surface area (Å²) < 4.78 is 10.3. The zero-order valence-corrected chi connectivity index (χ0v) is 11.7. The van der Waals surface area contributed by atoms with Crippen LogP contribution in [0.25, 0.3) is 0 Å². The fraction of sp³-hybridized carbons (Fsp3) is 0.417. The fourth-order valence-electron chi connectivity index (χ4n) is 1.31. The van der Waals surface area contributed by atoms with Crippen LogP contribution in [0.2, 0.25) is 0 Å². The molecule has 1 amide bonds. The van der Waals surface area contributed by atoms with Gasteiger partial charge in [-0.15, -0.1) is 0 Å². The van der Waals surface area contributed by atoms with E-state index in [1.165, 1.54) is 0 Å². The second-order valence-corrected chi connectivity index (χ2v) is 4.54. The van der Waals surface area contributed by atoms with Crippen LogP contribution in [0, 0.1) is 0 Å². The molecule has 5 heteroatoms. The van der Waals surface area contributed by atoms with Crippen LogP contribution in [0.15, 0.2) is 18.2 Å². The highest BCUT2D eigenvalue weighted by Crippen LogP contribution is 2.29. The number of methoxy groups -OCH3 is 2. The normalized spacial score (nSPS) is 11.8. The van der Waals surface area contributed by atoms with Gasteiger partial charge in [0, 0.05) is 6.07 Å². The van der Waals surface area contributed by atoms with E-state index in [0.29, 0.717) is 17.2 Å². The number of nitrogens with one attached hydrogen (secondary N) is 1. The molecule has 0 radical (unpaired) electrons. The van der Waals surface area contributed by atoms with Crippen LogP contribution in [0.4, 0.5) is 5.69 Å². The Morgan fingerprint density at radius 2 is 2.12 bits per heavy atom. The Morgan fingerprint density at radius 1 is 1.41 bits per heavy atom. The standard InChI is InChI=1S/C12H16BrNO3/c1-4-9(13)12(15)14-10-7-8(16-2)5-6-11(10)17-3/h5-7,9H,4H2,1-3H3,(H,14,15)/t9-/m0/s1. The molecule has 1 rings (SSSR count). The summed E-state index contributed by atoms with van der Waals surface area (Å²) in [5, 5.41) is 2.80. The summed E-state index contributed by atoms with van der Waals surface area (Å²) in [6.07, 6.45) is 0.720. The lowest BCUT2D eigenvalue weighted by Gasteiger charge is -2.13. The van der Waals surface area contributed by atoms with Crippen LogP contribution >= 0.6 is 15.9 Å². The number of ether oxygens (including phenoxy) is 2. The first-order chi connectivity index (χ1) is 8.12. The molecule has 0 saturated heterocycles. The molecule has 0 heterocycles. The van der Waals surface area contributed by atoms with Crippen molar-refractivity contribution < 1.29 is 14.3 Å². The number of amides is 1. The molecule has 1 N–H and O–H groups in total. The summed E-state index contributed by atoms with van der Waals surface area (Å²) >= 11 is 3.30. The van der Waals surface area contributed by atoms with E-state index in [0.717, 1.165) is 6.42 Å². The van der Waals surface area contributed by atoms with Gasteiger partial charge in [0.15, 0.2) is 0 Å². The van der Waals surface area contributed by atoms with E-state index in [9.17, 15) is 4.79 Å². The summed E-state index contributed by atoms with van der Waals surface area (Å²) in [5.74, 6) is 1.18. The van der Waals surface area contributed by atoms with E-state index in [1.807, 2.05) is 6.92 Å². The molecule has 1 aromatic carbocycles. The number of anilines is 1. The Labute approximate surface area is 109 Å². The minimum Gasteiger partial charge on any atom is -0.497 e. The third kappa shape index (κ3) is 3.63. The highest BCUT2D eigenvalue weighted by molar-refractivity contribution is 9.10. The van der Waals surface area contributed by atoms with Crippen LogP contribution in [-0.4, -0.2) is 25.0 Å². The van der Waals surface area contributed by atoms with Gasteiger partial charge in [-0.25, -0.2) is 0 Å². The van der Waals surface area contributed by atoms with Crippen molar-refractivity contribution in [1.29, 1.82) is 0 Å². The van der Waals surface area contributed by atoms with Crippen molar-refractivity contribution in [3.05, 3.63) is 18.2 Å². The minimum atomic E-state index is -0.210. The van der Waals surface area contributed by atoms with Crippen LogP contribution < -0.4 is 14.8 Å². The predicted molar refractivity (Wildman–Crippen MR) is 71.2 cm³/mol. The summed E-state index contributed by atoms with van der Waals surface area (Å²) in [6, 6.07) is 5.26. The third-order valence-electron chi connectivity index (χ3n) is 2.31. The number of alkyl halides is 1. The van der Waals surface area contributed by atoms with Crippen molar-refractivity contribution in [2.75, 3.05) is 19.5 Å². The molecule has 17 heavy (non-hydrogen) atoms. The van der Waals surface area contributed by atoms with Gasteiger partial charge in [-0.3, -0.25) is 4.79 Å². The van der Waals surface area contributed by atoms with Crippen molar-refractivity contribution in [2.45, 2.75) is 18.2 Å². The number of hydrogen-bond acceptors (Lipinski definition) is 3. The van der Waals surface area contributed by atoms with Gasteiger partial charge in [-0.2, -0.15) is 0 Å². The highest BCUT2D eigenvalue weighted by Gasteiger charge is 2.15. The first kappa shape index (κ1) is 13.8. The van der Waals surface area contributed by atoms with Crippen molar-refractivity contribution >= 4 is 27.5 Å². The maximum atomic E-state index is 11.8. The smallest absolute Gasteiger partial charge is 0.238 e.